The summed E-state index contributed by atoms with van der Waals surface area (Å²) in [6.45, 7) is 1.76. The maximum atomic E-state index is 12.7. The molecule has 0 fully saturated rings. The molecule has 2 atom stereocenters. The number of benzene rings is 1. The highest BCUT2D eigenvalue weighted by Gasteiger charge is 2.29. The first kappa shape index (κ1) is 24.5. The lowest BCUT2D eigenvalue weighted by molar-refractivity contribution is -0.116. The molecule has 2 amide bonds. The van der Waals surface area contributed by atoms with Crippen LogP contribution in [0, 0.1) is 11.3 Å². The molecule has 9 nitrogen and oxygen atoms in total. The van der Waals surface area contributed by atoms with Gasteiger partial charge in [-0.2, -0.15) is 5.26 Å². The number of hydrogen-bond acceptors (Lipinski definition) is 8. The molecule has 1 aromatic carbocycles. The van der Waals surface area contributed by atoms with Crippen molar-refractivity contribution in [3.05, 3.63) is 45.8 Å². The normalized spacial score (nSPS) is 14.6. The van der Waals surface area contributed by atoms with Crippen LogP contribution in [0.25, 0.3) is 0 Å². The molecule has 1 aliphatic heterocycles. The van der Waals surface area contributed by atoms with E-state index in [1.807, 2.05) is 31.2 Å². The molecule has 10 heteroatoms. The molecular weight excluding hydrogens is 446 g/mol. The van der Waals surface area contributed by atoms with Crippen LogP contribution in [0.2, 0.25) is 0 Å². The average Bonchev–Trinajstić information content (AvgIpc) is 3.17. The fourth-order valence-corrected chi connectivity index (χ4v) is 4.95. The van der Waals surface area contributed by atoms with Gasteiger partial charge in [0.1, 0.15) is 29.5 Å². The standard InChI is InChI=1S/C23H27N3O6S/c1-14(16-5-3-4-6-19(16)31-2)9-21(29)25-22-18(10-24)17-7-8-26(11-20(17)33-22)23(30)32-13-15(28)12-27/h3-6,14-15,27-28H,7-9,11-13H2,1-2H3,(H,25,29)/t14-,15?/m0/s1. The number of fused-ring (bicyclic) bond motifs is 1. The van der Waals surface area contributed by atoms with Crippen LogP contribution in [0.5, 0.6) is 5.75 Å². The number of carbonyl (C=O) groups is 2. The Kier molecular flexibility index (Phi) is 8.27. The van der Waals surface area contributed by atoms with Gasteiger partial charge in [0.05, 0.1) is 25.8 Å². The van der Waals surface area contributed by atoms with Crippen LogP contribution < -0.4 is 10.1 Å². The maximum Gasteiger partial charge on any atom is 0.410 e. The Labute approximate surface area is 196 Å². The van der Waals surface area contributed by atoms with E-state index < -0.39 is 18.8 Å². The van der Waals surface area contributed by atoms with Crippen molar-refractivity contribution in [3.8, 4) is 11.8 Å². The van der Waals surface area contributed by atoms with Crippen molar-refractivity contribution >= 4 is 28.3 Å². The molecule has 0 spiro atoms. The zero-order chi connectivity index (χ0) is 24.0. The average molecular weight is 474 g/mol. The van der Waals surface area contributed by atoms with Crippen molar-refractivity contribution in [2.45, 2.75) is 38.3 Å². The SMILES string of the molecule is COc1ccccc1[C@@H](C)CC(=O)Nc1sc2c(c1C#N)CCN(C(=O)OCC(O)CO)C2. The number of ether oxygens (including phenoxy) is 2. The monoisotopic (exact) mass is 473 g/mol. The van der Waals surface area contributed by atoms with Crippen LogP contribution in [0.4, 0.5) is 9.80 Å². The van der Waals surface area contributed by atoms with E-state index in [1.54, 1.807) is 7.11 Å². The number of nitrogens with zero attached hydrogens (tertiary/aromatic N) is 2. The molecule has 0 radical (unpaired) electrons. The zero-order valence-corrected chi connectivity index (χ0v) is 19.4. The smallest absolute Gasteiger partial charge is 0.410 e. The second-order valence-corrected chi connectivity index (χ2v) is 8.91. The fourth-order valence-electron chi connectivity index (χ4n) is 3.72. The first-order chi connectivity index (χ1) is 15.9. The van der Waals surface area contributed by atoms with Gasteiger partial charge in [-0.1, -0.05) is 25.1 Å². The summed E-state index contributed by atoms with van der Waals surface area (Å²) in [6.07, 6.45) is -1.04. The van der Waals surface area contributed by atoms with Crippen molar-refractivity contribution in [2.75, 3.05) is 32.2 Å². The molecule has 0 saturated carbocycles. The second kappa shape index (κ2) is 11.1. The minimum Gasteiger partial charge on any atom is -0.496 e. The number of nitrogens with one attached hydrogen (secondary N) is 1. The van der Waals surface area contributed by atoms with Gasteiger partial charge < -0.3 is 29.9 Å². The first-order valence-electron chi connectivity index (χ1n) is 10.6. The Morgan fingerprint density at radius 3 is 2.82 bits per heavy atom. The van der Waals surface area contributed by atoms with Gasteiger partial charge in [0.25, 0.3) is 0 Å². The topological polar surface area (TPSA) is 132 Å². The molecule has 1 aromatic heterocycles. The summed E-state index contributed by atoms with van der Waals surface area (Å²) >= 11 is 1.28. The number of aliphatic hydroxyl groups is 2. The van der Waals surface area contributed by atoms with E-state index in [1.165, 1.54) is 16.2 Å². The predicted octanol–water partition coefficient (Wildman–Crippen LogP) is 2.61. The zero-order valence-electron chi connectivity index (χ0n) is 18.5. The highest BCUT2D eigenvalue weighted by molar-refractivity contribution is 7.16. The summed E-state index contributed by atoms with van der Waals surface area (Å²) in [5.41, 5.74) is 2.19. The van der Waals surface area contributed by atoms with Crippen LogP contribution >= 0.6 is 11.3 Å². The van der Waals surface area contributed by atoms with E-state index >= 15 is 0 Å². The quantitative estimate of drug-likeness (QED) is 0.537. The molecule has 176 valence electrons. The summed E-state index contributed by atoms with van der Waals surface area (Å²) in [6, 6.07) is 9.73. The highest BCUT2D eigenvalue weighted by atomic mass is 32.1. The van der Waals surface area contributed by atoms with E-state index in [9.17, 15) is 20.0 Å². The van der Waals surface area contributed by atoms with Gasteiger partial charge in [-0.25, -0.2) is 4.79 Å². The van der Waals surface area contributed by atoms with Gasteiger partial charge in [-0.05, 0) is 29.5 Å². The van der Waals surface area contributed by atoms with E-state index in [0.717, 1.165) is 21.8 Å². The number of amides is 2. The summed E-state index contributed by atoms with van der Waals surface area (Å²) in [4.78, 5) is 27.3. The number of hydrogen-bond donors (Lipinski definition) is 3. The largest absolute Gasteiger partial charge is 0.496 e. The third-order valence-corrected chi connectivity index (χ3v) is 6.58. The number of rotatable bonds is 8. The van der Waals surface area contributed by atoms with Gasteiger partial charge in [0, 0.05) is 17.8 Å². The van der Waals surface area contributed by atoms with Crippen LogP contribution in [0.3, 0.4) is 0 Å². The molecule has 0 aliphatic carbocycles. The van der Waals surface area contributed by atoms with Gasteiger partial charge in [-0.3, -0.25) is 4.79 Å². The van der Waals surface area contributed by atoms with E-state index in [-0.39, 0.29) is 31.4 Å². The maximum absolute atomic E-state index is 12.7. The van der Waals surface area contributed by atoms with Gasteiger partial charge in [0.2, 0.25) is 5.91 Å². The Hall–Kier alpha value is -3.13. The molecule has 1 aliphatic rings. The molecule has 0 saturated heterocycles. The Morgan fingerprint density at radius 1 is 1.36 bits per heavy atom. The van der Waals surface area contributed by atoms with Gasteiger partial charge >= 0.3 is 6.09 Å². The van der Waals surface area contributed by atoms with Crippen molar-refractivity contribution < 1.29 is 29.3 Å². The molecule has 2 aromatic rings. The third-order valence-electron chi connectivity index (χ3n) is 5.45. The van der Waals surface area contributed by atoms with Crippen LogP contribution in [0.15, 0.2) is 24.3 Å². The number of thiophene rings is 1. The lowest BCUT2D eigenvalue weighted by Gasteiger charge is -2.26. The molecule has 3 rings (SSSR count). The summed E-state index contributed by atoms with van der Waals surface area (Å²) in [7, 11) is 1.59. The Bertz CT molecular complexity index is 1050. The predicted molar refractivity (Wildman–Crippen MR) is 122 cm³/mol. The minimum absolute atomic E-state index is 0.0826. The second-order valence-electron chi connectivity index (χ2n) is 7.80. The van der Waals surface area contributed by atoms with Gasteiger partial charge in [-0.15, -0.1) is 11.3 Å². The lowest BCUT2D eigenvalue weighted by Crippen LogP contribution is -2.37. The number of para-hydroxylation sites is 1. The number of anilines is 1. The van der Waals surface area contributed by atoms with Crippen LogP contribution in [0.1, 0.15) is 40.8 Å². The van der Waals surface area contributed by atoms with Crippen molar-refractivity contribution in [2.24, 2.45) is 0 Å². The molecule has 3 N–H and O–H groups in total. The third kappa shape index (κ3) is 5.82. The van der Waals surface area contributed by atoms with Gasteiger partial charge in [0.15, 0.2) is 0 Å². The highest BCUT2D eigenvalue weighted by Crippen LogP contribution is 2.37. The van der Waals surface area contributed by atoms with E-state index in [0.29, 0.717) is 23.5 Å². The first-order valence-corrected chi connectivity index (χ1v) is 11.4. The molecule has 2 heterocycles. The minimum atomic E-state index is -1.12. The van der Waals surface area contributed by atoms with E-state index in [2.05, 4.69) is 11.4 Å². The van der Waals surface area contributed by atoms with E-state index in [4.69, 9.17) is 14.6 Å². The lowest BCUT2D eigenvalue weighted by atomic mass is 9.96. The summed E-state index contributed by atoms with van der Waals surface area (Å²) < 4.78 is 10.4. The molecule has 1 unspecified atom stereocenters. The molecule has 0 bridgehead atoms. The summed E-state index contributed by atoms with van der Waals surface area (Å²) in [5, 5.41) is 31.2. The van der Waals surface area contributed by atoms with Crippen LogP contribution in [-0.4, -0.2) is 60.1 Å². The number of aliphatic hydroxyl groups excluding tert-OH is 2. The number of methoxy groups -OCH3 is 1. The summed E-state index contributed by atoms with van der Waals surface area (Å²) in [5.74, 6) is 0.430. The fraction of sp³-hybridized carbons (Fsp3) is 0.435. The number of nitriles is 1. The van der Waals surface area contributed by atoms with Crippen molar-refractivity contribution in [1.82, 2.24) is 4.90 Å². The van der Waals surface area contributed by atoms with Crippen molar-refractivity contribution in [1.29, 1.82) is 5.26 Å². The Morgan fingerprint density at radius 2 is 2.12 bits per heavy atom. The van der Waals surface area contributed by atoms with Crippen molar-refractivity contribution in [3.63, 3.8) is 0 Å². The number of carbonyl (C=O) groups excluding carboxylic acids is 2. The molecular formula is C23H27N3O6S. The van der Waals surface area contributed by atoms with Crippen LogP contribution in [-0.2, 0) is 22.5 Å². The molecule has 33 heavy (non-hydrogen) atoms. The Balaban J connectivity index is 1.67.